The maximum absolute atomic E-state index is 8.82. The van der Waals surface area contributed by atoms with E-state index in [1.54, 1.807) is 6.92 Å². The van der Waals surface area contributed by atoms with Gasteiger partial charge in [-0.1, -0.05) is 0 Å². The topological polar surface area (TPSA) is 42.0 Å². The number of hydrogen-bond donors (Lipinski definition) is 1. The molecule has 3 nitrogen and oxygen atoms in total. The number of rotatable bonds is 5. The highest BCUT2D eigenvalue weighted by molar-refractivity contribution is 4.67. The van der Waals surface area contributed by atoms with Crippen LogP contribution in [0.3, 0.4) is 0 Å². The Morgan fingerprint density at radius 2 is 2.50 bits per heavy atom. The zero-order valence-corrected chi connectivity index (χ0v) is 6.25. The van der Waals surface area contributed by atoms with Gasteiger partial charge in [-0.3, -0.25) is 0 Å². The van der Waals surface area contributed by atoms with Crippen LogP contribution in [-0.4, -0.2) is 37.1 Å². The quantitative estimate of drug-likeness (QED) is 0.444. The second-order valence-electron chi connectivity index (χ2n) is 2.67. The van der Waals surface area contributed by atoms with Gasteiger partial charge in [-0.2, -0.15) is 0 Å². The van der Waals surface area contributed by atoms with Crippen LogP contribution < -0.4 is 0 Å². The van der Waals surface area contributed by atoms with Gasteiger partial charge in [0.2, 0.25) is 0 Å². The van der Waals surface area contributed by atoms with Crippen molar-refractivity contribution in [3.8, 4) is 0 Å². The van der Waals surface area contributed by atoms with Crippen LogP contribution in [0.4, 0.5) is 0 Å². The lowest BCUT2D eigenvalue weighted by atomic mass is 10.3. The lowest BCUT2D eigenvalue weighted by Crippen LogP contribution is -2.08. The first kappa shape index (κ1) is 7.98. The van der Waals surface area contributed by atoms with E-state index in [0.717, 1.165) is 6.61 Å². The Morgan fingerprint density at radius 1 is 1.80 bits per heavy atom. The van der Waals surface area contributed by atoms with Crippen LogP contribution in [0, 0.1) is 0 Å². The van der Waals surface area contributed by atoms with Gasteiger partial charge in [0.05, 0.1) is 19.3 Å². The molecule has 0 spiro atoms. The Morgan fingerprint density at radius 3 is 3.00 bits per heavy atom. The molecule has 0 saturated carbocycles. The Kier molecular flexibility index (Phi) is 3.12. The second kappa shape index (κ2) is 3.91. The minimum atomic E-state index is -0.250. The highest BCUT2D eigenvalue weighted by Gasteiger charge is 2.21. The van der Waals surface area contributed by atoms with Gasteiger partial charge in [-0.05, 0) is 13.3 Å². The van der Waals surface area contributed by atoms with Crippen molar-refractivity contribution in [2.24, 2.45) is 0 Å². The first-order valence-electron chi connectivity index (χ1n) is 3.66. The van der Waals surface area contributed by atoms with Crippen molar-refractivity contribution >= 4 is 0 Å². The zero-order chi connectivity index (χ0) is 7.40. The molecule has 0 aromatic carbocycles. The van der Waals surface area contributed by atoms with Crippen molar-refractivity contribution in [1.82, 2.24) is 0 Å². The van der Waals surface area contributed by atoms with E-state index in [2.05, 4.69) is 0 Å². The van der Waals surface area contributed by atoms with Gasteiger partial charge in [0.1, 0.15) is 6.10 Å². The maximum Gasteiger partial charge on any atom is 0.104 e. The molecule has 0 radical (unpaired) electrons. The van der Waals surface area contributed by atoms with E-state index < -0.39 is 0 Å². The Balaban J connectivity index is 1.76. The zero-order valence-electron chi connectivity index (χ0n) is 6.25. The first-order valence-corrected chi connectivity index (χ1v) is 3.66. The fraction of sp³-hybridized carbons (Fsp3) is 1.00. The summed E-state index contributed by atoms with van der Waals surface area (Å²) in [7, 11) is 0. The monoisotopic (exact) mass is 146 g/mol. The van der Waals surface area contributed by atoms with Crippen LogP contribution in [0.15, 0.2) is 0 Å². The molecule has 1 aliphatic rings. The molecule has 3 heteroatoms. The van der Waals surface area contributed by atoms with Crippen LogP contribution in [0.25, 0.3) is 0 Å². The largest absolute Gasteiger partial charge is 0.393 e. The summed E-state index contributed by atoms with van der Waals surface area (Å²) >= 11 is 0. The first-order chi connectivity index (χ1) is 4.79. The maximum atomic E-state index is 8.82. The molecule has 2 atom stereocenters. The molecule has 2 unspecified atom stereocenters. The van der Waals surface area contributed by atoms with Gasteiger partial charge >= 0.3 is 0 Å². The van der Waals surface area contributed by atoms with E-state index in [4.69, 9.17) is 14.6 Å². The molecule has 10 heavy (non-hydrogen) atoms. The van der Waals surface area contributed by atoms with Crippen molar-refractivity contribution in [3.05, 3.63) is 0 Å². The van der Waals surface area contributed by atoms with Gasteiger partial charge in [0.25, 0.3) is 0 Å². The van der Waals surface area contributed by atoms with E-state index in [9.17, 15) is 0 Å². The van der Waals surface area contributed by atoms with Crippen molar-refractivity contribution < 1.29 is 14.6 Å². The Bertz CT molecular complexity index is 84.9. The highest BCUT2D eigenvalue weighted by atomic mass is 16.6. The van der Waals surface area contributed by atoms with Crippen molar-refractivity contribution in [2.45, 2.75) is 25.6 Å². The predicted octanol–water partition coefficient (Wildman–Crippen LogP) is 0.173. The number of aliphatic hydroxyl groups is 1. The Hall–Kier alpha value is -0.120. The summed E-state index contributed by atoms with van der Waals surface area (Å²) in [4.78, 5) is 0. The summed E-state index contributed by atoms with van der Waals surface area (Å²) in [6.45, 7) is 3.93. The average Bonchev–Trinajstić information content (AvgIpc) is 2.62. The van der Waals surface area contributed by atoms with Crippen LogP contribution >= 0.6 is 0 Å². The van der Waals surface area contributed by atoms with Gasteiger partial charge in [0, 0.05) is 6.61 Å². The summed E-state index contributed by atoms with van der Waals surface area (Å²) in [6, 6.07) is 0. The molecule has 1 aliphatic heterocycles. The third-order valence-electron chi connectivity index (χ3n) is 1.39. The molecule has 0 aromatic rings. The summed E-state index contributed by atoms with van der Waals surface area (Å²) in [5.74, 6) is 0. The second-order valence-corrected chi connectivity index (χ2v) is 2.67. The minimum Gasteiger partial charge on any atom is -0.393 e. The fourth-order valence-corrected chi connectivity index (χ4v) is 0.633. The van der Waals surface area contributed by atoms with E-state index >= 15 is 0 Å². The number of epoxide rings is 1. The molecule has 0 bridgehead atoms. The molecule has 1 saturated heterocycles. The number of hydrogen-bond acceptors (Lipinski definition) is 3. The fourth-order valence-electron chi connectivity index (χ4n) is 0.633. The van der Waals surface area contributed by atoms with Gasteiger partial charge in [-0.15, -0.1) is 0 Å². The minimum absolute atomic E-state index is 0.250. The normalized spacial score (nSPS) is 26.4. The van der Waals surface area contributed by atoms with Gasteiger partial charge < -0.3 is 14.6 Å². The SMILES string of the molecule is CC(O)CCOCC1CO1. The summed E-state index contributed by atoms with van der Waals surface area (Å²) < 4.78 is 10.1. The summed E-state index contributed by atoms with van der Waals surface area (Å²) in [6.07, 6.45) is 0.807. The third kappa shape index (κ3) is 3.82. The lowest BCUT2D eigenvalue weighted by Gasteiger charge is -2.03. The van der Waals surface area contributed by atoms with Crippen molar-refractivity contribution in [2.75, 3.05) is 19.8 Å². The predicted molar refractivity (Wildman–Crippen MR) is 36.9 cm³/mol. The molecule has 0 aromatic heterocycles. The van der Waals surface area contributed by atoms with Crippen LogP contribution in [0.1, 0.15) is 13.3 Å². The van der Waals surface area contributed by atoms with Crippen molar-refractivity contribution in [1.29, 1.82) is 0 Å². The molecule has 1 rings (SSSR count). The number of aliphatic hydroxyl groups excluding tert-OH is 1. The highest BCUT2D eigenvalue weighted by Crippen LogP contribution is 2.08. The molecule has 1 N–H and O–H groups in total. The van der Waals surface area contributed by atoms with E-state index in [1.807, 2.05) is 0 Å². The van der Waals surface area contributed by atoms with Crippen LogP contribution in [0.2, 0.25) is 0 Å². The van der Waals surface area contributed by atoms with Crippen molar-refractivity contribution in [3.63, 3.8) is 0 Å². The molecular formula is C7H14O3. The third-order valence-corrected chi connectivity index (χ3v) is 1.39. The standard InChI is InChI=1S/C7H14O3/c1-6(8)2-3-9-4-7-5-10-7/h6-8H,2-5H2,1H3. The van der Waals surface area contributed by atoms with Crippen LogP contribution in [0.5, 0.6) is 0 Å². The van der Waals surface area contributed by atoms with Gasteiger partial charge in [-0.25, -0.2) is 0 Å². The van der Waals surface area contributed by atoms with E-state index in [1.165, 1.54) is 0 Å². The smallest absolute Gasteiger partial charge is 0.104 e. The number of ether oxygens (including phenoxy) is 2. The molecule has 60 valence electrons. The summed E-state index contributed by atoms with van der Waals surface area (Å²) in [5.41, 5.74) is 0. The Labute approximate surface area is 60.9 Å². The van der Waals surface area contributed by atoms with E-state index in [-0.39, 0.29) is 6.10 Å². The molecular weight excluding hydrogens is 132 g/mol. The molecule has 1 heterocycles. The molecule has 1 fully saturated rings. The van der Waals surface area contributed by atoms with E-state index in [0.29, 0.717) is 25.7 Å². The average molecular weight is 146 g/mol. The lowest BCUT2D eigenvalue weighted by molar-refractivity contribution is 0.0797. The summed E-state index contributed by atoms with van der Waals surface area (Å²) in [5, 5.41) is 8.82. The molecule has 0 aliphatic carbocycles. The van der Waals surface area contributed by atoms with Crippen LogP contribution in [-0.2, 0) is 9.47 Å². The van der Waals surface area contributed by atoms with Gasteiger partial charge in [0.15, 0.2) is 0 Å². The molecule has 0 amide bonds.